The SMILES string of the molecule is COc1ccc(N(CCCN)S(=O)(=O)N(C)C)cc1. The summed E-state index contributed by atoms with van der Waals surface area (Å²) in [6, 6.07) is 6.90. The predicted molar refractivity (Wildman–Crippen MR) is 76.6 cm³/mol. The van der Waals surface area contributed by atoms with Crippen LogP contribution in [0.25, 0.3) is 0 Å². The lowest BCUT2D eigenvalue weighted by Crippen LogP contribution is -2.41. The molecule has 0 bridgehead atoms. The van der Waals surface area contributed by atoms with Crippen molar-refractivity contribution in [1.29, 1.82) is 0 Å². The van der Waals surface area contributed by atoms with E-state index >= 15 is 0 Å². The van der Waals surface area contributed by atoms with E-state index in [1.165, 1.54) is 22.7 Å². The number of benzene rings is 1. The Bertz CT molecular complexity index is 485. The molecule has 0 amide bonds. The van der Waals surface area contributed by atoms with Crippen LogP contribution in [0.2, 0.25) is 0 Å². The fourth-order valence-electron chi connectivity index (χ4n) is 1.56. The van der Waals surface area contributed by atoms with Gasteiger partial charge in [-0.15, -0.1) is 0 Å². The molecule has 0 spiro atoms. The molecule has 1 aromatic carbocycles. The van der Waals surface area contributed by atoms with Gasteiger partial charge in [-0.05, 0) is 37.2 Å². The molecular formula is C12H21N3O3S. The molecule has 0 unspecified atom stereocenters. The Hall–Kier alpha value is -1.31. The van der Waals surface area contributed by atoms with E-state index in [0.717, 1.165) is 0 Å². The summed E-state index contributed by atoms with van der Waals surface area (Å²) in [7, 11) is 1.07. The van der Waals surface area contributed by atoms with E-state index in [0.29, 0.717) is 30.9 Å². The molecule has 1 aromatic rings. The molecule has 0 aliphatic heterocycles. The Morgan fingerprint density at radius 3 is 2.21 bits per heavy atom. The molecule has 0 atom stereocenters. The topological polar surface area (TPSA) is 75.9 Å². The van der Waals surface area contributed by atoms with E-state index in [4.69, 9.17) is 10.5 Å². The van der Waals surface area contributed by atoms with Crippen molar-refractivity contribution < 1.29 is 13.2 Å². The number of nitrogens with two attached hydrogens (primary N) is 1. The molecule has 0 aliphatic carbocycles. The minimum atomic E-state index is -3.51. The van der Waals surface area contributed by atoms with Gasteiger partial charge < -0.3 is 10.5 Å². The van der Waals surface area contributed by atoms with Crippen molar-refractivity contribution >= 4 is 15.9 Å². The minimum Gasteiger partial charge on any atom is -0.497 e. The number of methoxy groups -OCH3 is 1. The number of hydrogen-bond acceptors (Lipinski definition) is 4. The van der Waals surface area contributed by atoms with Gasteiger partial charge in [-0.3, -0.25) is 4.31 Å². The van der Waals surface area contributed by atoms with Crippen LogP contribution in [0.4, 0.5) is 5.69 Å². The van der Waals surface area contributed by atoms with Crippen LogP contribution in [0.5, 0.6) is 5.75 Å². The van der Waals surface area contributed by atoms with Gasteiger partial charge in [0, 0.05) is 20.6 Å². The zero-order chi connectivity index (χ0) is 14.5. The largest absolute Gasteiger partial charge is 0.497 e. The Balaban J connectivity index is 3.08. The molecule has 0 saturated carbocycles. The summed E-state index contributed by atoms with van der Waals surface area (Å²) in [5.74, 6) is 0.685. The van der Waals surface area contributed by atoms with E-state index in [1.54, 1.807) is 31.4 Å². The highest BCUT2D eigenvalue weighted by molar-refractivity contribution is 7.90. The molecule has 0 heterocycles. The second-order valence-electron chi connectivity index (χ2n) is 4.20. The summed E-state index contributed by atoms with van der Waals surface area (Å²) in [6.45, 7) is 0.791. The van der Waals surface area contributed by atoms with Crippen LogP contribution in [0, 0.1) is 0 Å². The Labute approximate surface area is 114 Å². The summed E-state index contributed by atoms with van der Waals surface area (Å²) >= 11 is 0. The first-order valence-electron chi connectivity index (χ1n) is 5.97. The number of anilines is 1. The van der Waals surface area contributed by atoms with Gasteiger partial charge in [-0.1, -0.05) is 0 Å². The molecule has 0 radical (unpaired) electrons. The Morgan fingerprint density at radius 2 is 1.79 bits per heavy atom. The highest BCUT2D eigenvalue weighted by Crippen LogP contribution is 2.22. The quantitative estimate of drug-likeness (QED) is 0.799. The first kappa shape index (κ1) is 15.7. The Kier molecular flexibility index (Phi) is 5.59. The highest BCUT2D eigenvalue weighted by atomic mass is 32.2. The lowest BCUT2D eigenvalue weighted by Gasteiger charge is -2.27. The van der Waals surface area contributed by atoms with Crippen molar-refractivity contribution in [3.05, 3.63) is 24.3 Å². The molecule has 0 saturated heterocycles. The lowest BCUT2D eigenvalue weighted by molar-refractivity contribution is 0.415. The molecule has 0 aliphatic rings. The molecule has 1 rings (SSSR count). The summed E-state index contributed by atoms with van der Waals surface area (Å²) < 4.78 is 32.1. The van der Waals surface area contributed by atoms with Gasteiger partial charge in [-0.25, -0.2) is 0 Å². The van der Waals surface area contributed by atoms with Crippen molar-refractivity contribution in [1.82, 2.24) is 4.31 Å². The molecular weight excluding hydrogens is 266 g/mol. The van der Waals surface area contributed by atoms with E-state index in [1.807, 2.05) is 0 Å². The van der Waals surface area contributed by atoms with Crippen molar-refractivity contribution in [2.24, 2.45) is 5.73 Å². The van der Waals surface area contributed by atoms with Crippen LogP contribution in [0.15, 0.2) is 24.3 Å². The standard InChI is InChI=1S/C12H21N3O3S/c1-14(2)19(16,17)15(10-4-9-13)11-5-7-12(18-3)8-6-11/h5-8H,4,9-10,13H2,1-3H3. The smallest absolute Gasteiger partial charge is 0.303 e. The van der Waals surface area contributed by atoms with Crippen molar-refractivity contribution in [2.75, 3.05) is 38.6 Å². The van der Waals surface area contributed by atoms with Gasteiger partial charge in [0.05, 0.1) is 12.8 Å². The van der Waals surface area contributed by atoms with Crippen LogP contribution in [-0.4, -0.2) is 47.0 Å². The van der Waals surface area contributed by atoms with Crippen LogP contribution < -0.4 is 14.8 Å². The second-order valence-corrected chi connectivity index (χ2v) is 6.27. The molecule has 0 aromatic heterocycles. The van der Waals surface area contributed by atoms with Crippen LogP contribution in [0.3, 0.4) is 0 Å². The van der Waals surface area contributed by atoms with Crippen LogP contribution in [0.1, 0.15) is 6.42 Å². The van der Waals surface area contributed by atoms with E-state index in [2.05, 4.69) is 0 Å². The molecule has 7 heteroatoms. The molecule has 0 fully saturated rings. The van der Waals surface area contributed by atoms with Crippen molar-refractivity contribution in [3.8, 4) is 5.75 Å². The maximum Gasteiger partial charge on any atom is 0.303 e. The fraction of sp³-hybridized carbons (Fsp3) is 0.500. The number of hydrogen-bond donors (Lipinski definition) is 1. The third kappa shape index (κ3) is 3.82. The average molecular weight is 287 g/mol. The molecule has 6 nitrogen and oxygen atoms in total. The van der Waals surface area contributed by atoms with Gasteiger partial charge in [0.1, 0.15) is 5.75 Å². The summed E-state index contributed by atoms with van der Waals surface area (Å²) in [6.07, 6.45) is 0.596. The first-order valence-corrected chi connectivity index (χ1v) is 7.37. The highest BCUT2D eigenvalue weighted by Gasteiger charge is 2.24. The monoisotopic (exact) mass is 287 g/mol. The van der Waals surface area contributed by atoms with Crippen LogP contribution >= 0.6 is 0 Å². The van der Waals surface area contributed by atoms with Gasteiger partial charge in [-0.2, -0.15) is 12.7 Å². The minimum absolute atomic E-state index is 0.351. The lowest BCUT2D eigenvalue weighted by atomic mass is 10.3. The maximum atomic E-state index is 12.3. The first-order chi connectivity index (χ1) is 8.93. The van der Waals surface area contributed by atoms with Crippen LogP contribution in [-0.2, 0) is 10.2 Å². The summed E-state index contributed by atoms with van der Waals surface area (Å²) in [5, 5.41) is 0. The zero-order valence-electron chi connectivity index (χ0n) is 11.5. The normalized spacial score (nSPS) is 11.6. The third-order valence-electron chi connectivity index (χ3n) is 2.67. The fourth-order valence-corrected chi connectivity index (χ4v) is 2.70. The summed E-state index contributed by atoms with van der Waals surface area (Å²) in [5.41, 5.74) is 6.06. The van der Waals surface area contributed by atoms with Gasteiger partial charge in [0.25, 0.3) is 0 Å². The number of rotatable bonds is 7. The van der Waals surface area contributed by atoms with Gasteiger partial charge in [0.15, 0.2) is 0 Å². The average Bonchev–Trinajstić information content (AvgIpc) is 2.39. The van der Waals surface area contributed by atoms with Gasteiger partial charge >= 0.3 is 10.2 Å². The third-order valence-corrected chi connectivity index (χ3v) is 4.54. The summed E-state index contributed by atoms with van der Waals surface area (Å²) in [4.78, 5) is 0. The van der Waals surface area contributed by atoms with E-state index < -0.39 is 10.2 Å². The van der Waals surface area contributed by atoms with E-state index in [-0.39, 0.29) is 0 Å². The van der Waals surface area contributed by atoms with E-state index in [9.17, 15) is 8.42 Å². The number of nitrogens with zero attached hydrogens (tertiary/aromatic N) is 2. The van der Waals surface area contributed by atoms with Crippen molar-refractivity contribution in [3.63, 3.8) is 0 Å². The number of ether oxygens (including phenoxy) is 1. The molecule has 2 N–H and O–H groups in total. The van der Waals surface area contributed by atoms with Crippen molar-refractivity contribution in [2.45, 2.75) is 6.42 Å². The maximum absolute atomic E-state index is 12.3. The van der Waals surface area contributed by atoms with Gasteiger partial charge in [0.2, 0.25) is 0 Å². The second kappa shape index (κ2) is 6.74. The molecule has 108 valence electrons. The zero-order valence-corrected chi connectivity index (χ0v) is 12.4. The Morgan fingerprint density at radius 1 is 1.21 bits per heavy atom. The predicted octanol–water partition coefficient (Wildman–Crippen LogP) is 0.657. The molecule has 19 heavy (non-hydrogen) atoms.